The van der Waals surface area contributed by atoms with Crippen molar-refractivity contribution in [1.82, 2.24) is 5.32 Å². The maximum atomic E-state index is 11.2. The number of hydrogen-bond donors (Lipinski definition) is 1. The van der Waals surface area contributed by atoms with Crippen LogP contribution in [0.1, 0.15) is 11.1 Å². The van der Waals surface area contributed by atoms with E-state index in [0.717, 1.165) is 5.56 Å². The molecular weight excluding hydrogens is 409 g/mol. The maximum Gasteiger partial charge on any atom is 0.236 e. The van der Waals surface area contributed by atoms with Crippen molar-refractivity contribution in [2.75, 3.05) is 12.9 Å². The lowest BCUT2D eigenvalue weighted by Gasteiger charge is -2.13. The van der Waals surface area contributed by atoms with E-state index in [2.05, 4.69) is 15.5 Å². The number of carbonyl (C=O) groups excluding carboxylic acids is 1. The number of carbonyl (C=O) groups is 1. The van der Waals surface area contributed by atoms with Gasteiger partial charge in [-0.2, -0.15) is 5.10 Å². The molecule has 3 rings (SSSR count). The Morgan fingerprint density at radius 3 is 2.81 bits per heavy atom. The van der Waals surface area contributed by atoms with Gasteiger partial charge in [-0.05, 0) is 29.8 Å². The van der Waals surface area contributed by atoms with E-state index >= 15 is 0 Å². The van der Waals surface area contributed by atoms with Gasteiger partial charge in [-0.3, -0.25) is 4.79 Å². The third kappa shape index (κ3) is 5.15. The van der Waals surface area contributed by atoms with Crippen molar-refractivity contribution in [3.63, 3.8) is 0 Å². The molecule has 1 aliphatic rings. The number of amidine groups is 1. The number of amides is 1. The Morgan fingerprint density at radius 2 is 2.11 bits per heavy atom. The van der Waals surface area contributed by atoms with Crippen molar-refractivity contribution < 1.29 is 14.3 Å². The first-order valence-electron chi connectivity index (χ1n) is 7.84. The molecule has 0 radical (unpaired) electrons. The molecule has 1 aliphatic heterocycles. The number of hydrogen-bond acceptors (Lipinski definition) is 6. The molecule has 0 aliphatic carbocycles. The SMILES string of the molecule is COc1cccc(C=NN=C2NC(=O)CS2)c1OCc1ccc(Cl)c(Cl)c1. The molecule has 2 aromatic carbocycles. The Bertz CT molecular complexity index is 919. The minimum absolute atomic E-state index is 0.0824. The van der Waals surface area contributed by atoms with E-state index in [1.807, 2.05) is 18.2 Å². The largest absolute Gasteiger partial charge is 0.493 e. The van der Waals surface area contributed by atoms with Gasteiger partial charge in [-0.15, -0.1) is 5.10 Å². The molecule has 27 heavy (non-hydrogen) atoms. The van der Waals surface area contributed by atoms with Crippen LogP contribution in [0.4, 0.5) is 0 Å². The first-order chi connectivity index (χ1) is 13.1. The molecule has 6 nitrogen and oxygen atoms in total. The summed E-state index contributed by atoms with van der Waals surface area (Å²) in [6, 6.07) is 10.8. The van der Waals surface area contributed by atoms with Crippen LogP contribution in [0.2, 0.25) is 10.0 Å². The fourth-order valence-corrected chi connectivity index (χ4v) is 3.21. The zero-order valence-corrected chi connectivity index (χ0v) is 16.6. The second-order valence-electron chi connectivity index (χ2n) is 5.40. The van der Waals surface area contributed by atoms with Gasteiger partial charge in [-0.1, -0.05) is 47.1 Å². The second kappa shape index (κ2) is 9.12. The third-order valence-corrected chi connectivity index (χ3v) is 5.13. The molecule has 1 saturated heterocycles. The highest BCUT2D eigenvalue weighted by Gasteiger charge is 2.16. The molecule has 140 valence electrons. The first kappa shape index (κ1) is 19.5. The third-order valence-electron chi connectivity index (χ3n) is 3.53. The molecule has 0 atom stereocenters. The van der Waals surface area contributed by atoms with Crippen LogP contribution < -0.4 is 14.8 Å². The lowest BCUT2D eigenvalue weighted by molar-refractivity contribution is -0.116. The molecule has 0 saturated carbocycles. The standard InChI is InChI=1S/C18H15Cl2N3O3S/c1-25-15-4-2-3-12(8-21-23-18-22-16(24)10-27-18)17(15)26-9-11-5-6-13(19)14(20)7-11/h2-8H,9-10H2,1H3,(H,22,23,24). The minimum atomic E-state index is -0.0824. The minimum Gasteiger partial charge on any atom is -0.493 e. The lowest BCUT2D eigenvalue weighted by atomic mass is 10.2. The Balaban J connectivity index is 1.78. The van der Waals surface area contributed by atoms with Gasteiger partial charge in [0.15, 0.2) is 16.7 Å². The van der Waals surface area contributed by atoms with Crippen LogP contribution in [0.25, 0.3) is 0 Å². The van der Waals surface area contributed by atoms with Crippen molar-refractivity contribution in [3.8, 4) is 11.5 Å². The zero-order chi connectivity index (χ0) is 19.2. The van der Waals surface area contributed by atoms with E-state index in [9.17, 15) is 4.79 Å². The highest BCUT2D eigenvalue weighted by molar-refractivity contribution is 8.15. The highest BCUT2D eigenvalue weighted by Crippen LogP contribution is 2.31. The molecule has 0 bridgehead atoms. The maximum absolute atomic E-state index is 11.2. The fraction of sp³-hybridized carbons (Fsp3) is 0.167. The van der Waals surface area contributed by atoms with Crippen LogP contribution in [0.15, 0.2) is 46.6 Å². The van der Waals surface area contributed by atoms with Crippen molar-refractivity contribution in [2.45, 2.75) is 6.61 Å². The molecule has 1 amide bonds. The number of halogens is 2. The van der Waals surface area contributed by atoms with Crippen molar-refractivity contribution >= 4 is 52.3 Å². The van der Waals surface area contributed by atoms with E-state index in [-0.39, 0.29) is 12.5 Å². The average Bonchev–Trinajstić information content (AvgIpc) is 3.08. The highest BCUT2D eigenvalue weighted by atomic mass is 35.5. The number of ether oxygens (including phenoxy) is 2. The summed E-state index contributed by atoms with van der Waals surface area (Å²) >= 11 is 13.3. The summed E-state index contributed by atoms with van der Waals surface area (Å²) in [5, 5.41) is 12.1. The Kier molecular flexibility index (Phi) is 6.60. The number of benzene rings is 2. The molecule has 1 N–H and O–H groups in total. The summed E-state index contributed by atoms with van der Waals surface area (Å²) in [5.41, 5.74) is 1.55. The molecule has 1 fully saturated rings. The molecule has 0 aromatic heterocycles. The summed E-state index contributed by atoms with van der Waals surface area (Å²) in [5.74, 6) is 1.36. The quantitative estimate of drug-likeness (QED) is 0.559. The van der Waals surface area contributed by atoms with Gasteiger partial charge in [-0.25, -0.2) is 0 Å². The number of nitrogens with zero attached hydrogens (tertiary/aromatic N) is 2. The second-order valence-corrected chi connectivity index (χ2v) is 7.18. The summed E-state index contributed by atoms with van der Waals surface area (Å²) in [7, 11) is 1.56. The lowest BCUT2D eigenvalue weighted by Crippen LogP contribution is -2.19. The summed E-state index contributed by atoms with van der Waals surface area (Å²) in [6.07, 6.45) is 1.55. The van der Waals surface area contributed by atoms with Crippen LogP contribution in [0, 0.1) is 0 Å². The van der Waals surface area contributed by atoms with E-state index < -0.39 is 0 Å². The van der Waals surface area contributed by atoms with Gasteiger partial charge in [0, 0.05) is 5.56 Å². The van der Waals surface area contributed by atoms with E-state index in [1.54, 1.807) is 31.5 Å². The predicted octanol–water partition coefficient (Wildman–Crippen LogP) is 4.13. The van der Waals surface area contributed by atoms with Gasteiger partial charge in [0.2, 0.25) is 5.91 Å². The number of thioether (sulfide) groups is 1. The van der Waals surface area contributed by atoms with E-state index in [1.165, 1.54) is 11.8 Å². The van der Waals surface area contributed by atoms with Crippen LogP contribution in [-0.2, 0) is 11.4 Å². The molecular formula is C18H15Cl2N3O3S. The van der Waals surface area contributed by atoms with Crippen LogP contribution >= 0.6 is 35.0 Å². The topological polar surface area (TPSA) is 72.3 Å². The number of nitrogens with one attached hydrogen (secondary N) is 1. The Labute approximate surface area is 170 Å². The van der Waals surface area contributed by atoms with Gasteiger partial charge in [0.1, 0.15) is 6.61 Å². The molecule has 0 unspecified atom stereocenters. The molecule has 1 heterocycles. The summed E-state index contributed by atoms with van der Waals surface area (Å²) in [4.78, 5) is 11.2. The predicted molar refractivity (Wildman–Crippen MR) is 109 cm³/mol. The van der Waals surface area contributed by atoms with E-state index in [0.29, 0.717) is 38.0 Å². The monoisotopic (exact) mass is 423 g/mol. The van der Waals surface area contributed by atoms with Gasteiger partial charge in [0.05, 0.1) is 29.1 Å². The van der Waals surface area contributed by atoms with Crippen LogP contribution in [0.3, 0.4) is 0 Å². The van der Waals surface area contributed by atoms with Crippen molar-refractivity contribution in [3.05, 3.63) is 57.6 Å². The van der Waals surface area contributed by atoms with Crippen molar-refractivity contribution in [2.24, 2.45) is 10.2 Å². The zero-order valence-electron chi connectivity index (χ0n) is 14.2. The smallest absolute Gasteiger partial charge is 0.236 e. The number of methoxy groups -OCH3 is 1. The van der Waals surface area contributed by atoms with Gasteiger partial charge in [0.25, 0.3) is 0 Å². The molecule has 0 spiro atoms. The van der Waals surface area contributed by atoms with Crippen molar-refractivity contribution in [1.29, 1.82) is 0 Å². The molecule has 9 heteroatoms. The summed E-state index contributed by atoms with van der Waals surface area (Å²) in [6.45, 7) is 0.276. The first-order valence-corrected chi connectivity index (χ1v) is 9.58. The Hall–Kier alpha value is -2.22. The fourth-order valence-electron chi connectivity index (χ4n) is 2.26. The average molecular weight is 424 g/mol. The molecule has 2 aromatic rings. The number of para-hydroxylation sites is 1. The van der Waals surface area contributed by atoms with Crippen LogP contribution in [0.5, 0.6) is 11.5 Å². The number of rotatable bonds is 6. The normalized spacial score (nSPS) is 15.4. The van der Waals surface area contributed by atoms with Crippen LogP contribution in [-0.4, -0.2) is 30.2 Å². The van der Waals surface area contributed by atoms with Gasteiger partial charge < -0.3 is 14.8 Å². The Morgan fingerprint density at radius 1 is 1.26 bits per heavy atom. The van der Waals surface area contributed by atoms with Gasteiger partial charge >= 0.3 is 0 Å². The summed E-state index contributed by atoms with van der Waals surface area (Å²) < 4.78 is 11.3. The van der Waals surface area contributed by atoms with E-state index in [4.69, 9.17) is 32.7 Å².